The van der Waals surface area contributed by atoms with E-state index in [0.717, 1.165) is 23.5 Å². The number of halogens is 1. The van der Waals surface area contributed by atoms with Gasteiger partial charge in [-0.1, -0.05) is 37.6 Å². The van der Waals surface area contributed by atoms with E-state index in [9.17, 15) is 4.79 Å². The third-order valence-electron chi connectivity index (χ3n) is 5.48. The van der Waals surface area contributed by atoms with Crippen LogP contribution in [0.2, 0.25) is 5.02 Å². The quantitative estimate of drug-likeness (QED) is 0.439. The number of amides is 1. The fourth-order valence-corrected chi connectivity index (χ4v) is 3.98. The van der Waals surface area contributed by atoms with Crippen LogP contribution >= 0.6 is 11.6 Å². The van der Waals surface area contributed by atoms with Gasteiger partial charge >= 0.3 is 0 Å². The van der Waals surface area contributed by atoms with Crippen LogP contribution in [0.25, 0.3) is 11.5 Å². The van der Waals surface area contributed by atoms with E-state index in [-0.39, 0.29) is 18.5 Å². The fraction of sp³-hybridized carbons (Fsp3) is 0.500. The first kappa shape index (κ1) is 24.0. The van der Waals surface area contributed by atoms with Gasteiger partial charge in [-0.25, -0.2) is 0 Å². The van der Waals surface area contributed by atoms with Crippen molar-refractivity contribution in [2.75, 3.05) is 0 Å². The predicted molar refractivity (Wildman–Crippen MR) is 125 cm³/mol. The zero-order valence-corrected chi connectivity index (χ0v) is 20.5. The molecule has 0 spiro atoms. The number of nitrogens with zero attached hydrogens (tertiary/aromatic N) is 5. The van der Waals surface area contributed by atoms with Crippen molar-refractivity contribution >= 4 is 17.5 Å². The highest BCUT2D eigenvalue weighted by atomic mass is 35.5. The molecule has 0 aliphatic rings. The number of carbonyl (C=O) groups is 1. The van der Waals surface area contributed by atoms with Crippen LogP contribution in [0.3, 0.4) is 0 Å². The fourth-order valence-electron chi connectivity index (χ4n) is 3.76. The van der Waals surface area contributed by atoms with Crippen LogP contribution < -0.4 is 0 Å². The van der Waals surface area contributed by atoms with Gasteiger partial charge in [0.15, 0.2) is 0 Å². The largest absolute Gasteiger partial charge is 0.419 e. The molecule has 1 aromatic carbocycles. The normalized spacial score (nSPS) is 11.5. The summed E-state index contributed by atoms with van der Waals surface area (Å²) in [7, 11) is 0. The van der Waals surface area contributed by atoms with Crippen molar-refractivity contribution in [2.24, 2.45) is 5.92 Å². The molecule has 3 rings (SSSR count). The monoisotopic (exact) mass is 457 g/mol. The van der Waals surface area contributed by atoms with Gasteiger partial charge in [0, 0.05) is 24.7 Å². The highest BCUT2D eigenvalue weighted by Gasteiger charge is 2.22. The van der Waals surface area contributed by atoms with Crippen molar-refractivity contribution < 1.29 is 9.21 Å². The molecule has 172 valence electrons. The number of benzene rings is 1. The minimum absolute atomic E-state index is 0.00372. The molecule has 0 saturated heterocycles. The van der Waals surface area contributed by atoms with Gasteiger partial charge in [0.2, 0.25) is 17.7 Å². The minimum atomic E-state index is 0.00372. The van der Waals surface area contributed by atoms with Crippen molar-refractivity contribution in [3.63, 3.8) is 0 Å². The molecule has 0 bridgehead atoms. The molecule has 0 aliphatic heterocycles. The van der Waals surface area contributed by atoms with Crippen LogP contribution in [0.5, 0.6) is 0 Å². The Morgan fingerprint density at radius 3 is 2.53 bits per heavy atom. The molecule has 3 aromatic rings. The molecule has 7 nitrogen and oxygen atoms in total. The molecule has 0 unspecified atom stereocenters. The second-order valence-corrected chi connectivity index (χ2v) is 9.23. The Kier molecular flexibility index (Phi) is 7.72. The van der Waals surface area contributed by atoms with Crippen LogP contribution in [0.1, 0.15) is 57.0 Å². The minimum Gasteiger partial charge on any atom is -0.419 e. The summed E-state index contributed by atoms with van der Waals surface area (Å²) in [6, 6.07) is 7.32. The number of hydrogen-bond donors (Lipinski definition) is 0. The van der Waals surface area contributed by atoms with Crippen molar-refractivity contribution in [1.29, 1.82) is 0 Å². The lowest BCUT2D eigenvalue weighted by atomic mass is 10.1. The number of aryl methyl sites for hydroxylation is 1. The van der Waals surface area contributed by atoms with Gasteiger partial charge in [0.1, 0.15) is 0 Å². The maximum absolute atomic E-state index is 13.1. The molecule has 0 fully saturated rings. The molecule has 8 heteroatoms. The SMILES string of the molecule is Cc1nn(CC(C)C)c(C)c1CCC(=O)N(Cc1nnc(-c2ccccc2Cl)o1)C(C)C. The molecule has 0 aliphatic carbocycles. The average molecular weight is 458 g/mol. The lowest BCUT2D eigenvalue weighted by molar-refractivity contribution is -0.133. The Morgan fingerprint density at radius 1 is 1.16 bits per heavy atom. The lowest BCUT2D eigenvalue weighted by Crippen LogP contribution is -2.36. The van der Waals surface area contributed by atoms with Crippen molar-refractivity contribution in [3.8, 4) is 11.5 Å². The molecule has 0 atom stereocenters. The molecule has 1 amide bonds. The van der Waals surface area contributed by atoms with Crippen LogP contribution in [0.4, 0.5) is 0 Å². The number of aromatic nitrogens is 4. The zero-order chi connectivity index (χ0) is 23.4. The Morgan fingerprint density at radius 2 is 1.88 bits per heavy atom. The number of rotatable bonds is 9. The topological polar surface area (TPSA) is 77.1 Å². The van der Waals surface area contributed by atoms with E-state index in [1.165, 1.54) is 0 Å². The molecule has 0 N–H and O–H groups in total. The maximum atomic E-state index is 13.1. The van der Waals surface area contributed by atoms with Gasteiger partial charge in [0.05, 0.1) is 22.8 Å². The molecular weight excluding hydrogens is 426 g/mol. The van der Waals surface area contributed by atoms with Crippen LogP contribution in [0.15, 0.2) is 28.7 Å². The molecular formula is C24H32ClN5O2. The third-order valence-corrected chi connectivity index (χ3v) is 5.81. The number of carbonyl (C=O) groups excluding carboxylic acids is 1. The van der Waals surface area contributed by atoms with Crippen LogP contribution in [-0.2, 0) is 24.3 Å². The Balaban J connectivity index is 1.69. The molecule has 0 radical (unpaired) electrons. The summed E-state index contributed by atoms with van der Waals surface area (Å²) in [4.78, 5) is 14.9. The Bertz CT molecular complexity index is 1070. The van der Waals surface area contributed by atoms with Gasteiger partial charge in [0.25, 0.3) is 0 Å². The van der Waals surface area contributed by atoms with E-state index in [0.29, 0.717) is 41.1 Å². The molecule has 0 saturated carbocycles. The van der Waals surface area contributed by atoms with E-state index in [4.69, 9.17) is 16.0 Å². The van der Waals surface area contributed by atoms with E-state index < -0.39 is 0 Å². The molecule has 32 heavy (non-hydrogen) atoms. The van der Waals surface area contributed by atoms with Crippen molar-refractivity contribution in [1.82, 2.24) is 24.9 Å². The highest BCUT2D eigenvalue weighted by Crippen LogP contribution is 2.26. The summed E-state index contributed by atoms with van der Waals surface area (Å²) in [6.45, 7) is 13.6. The molecule has 2 heterocycles. The van der Waals surface area contributed by atoms with Gasteiger partial charge in [-0.2, -0.15) is 5.10 Å². The maximum Gasteiger partial charge on any atom is 0.249 e. The predicted octanol–water partition coefficient (Wildman–Crippen LogP) is 5.23. The first-order valence-corrected chi connectivity index (χ1v) is 11.4. The third kappa shape index (κ3) is 5.57. The first-order chi connectivity index (χ1) is 15.2. The lowest BCUT2D eigenvalue weighted by Gasteiger charge is -2.25. The average Bonchev–Trinajstić information content (AvgIpc) is 3.29. The van der Waals surface area contributed by atoms with Crippen molar-refractivity contribution in [3.05, 3.63) is 52.1 Å². The first-order valence-electron chi connectivity index (χ1n) is 11.1. The Labute approximate surface area is 194 Å². The van der Waals surface area contributed by atoms with E-state index >= 15 is 0 Å². The summed E-state index contributed by atoms with van der Waals surface area (Å²) in [6.07, 6.45) is 1.06. The van der Waals surface area contributed by atoms with Crippen LogP contribution in [0, 0.1) is 19.8 Å². The van der Waals surface area contributed by atoms with E-state index in [2.05, 4.69) is 40.7 Å². The molecule has 2 aromatic heterocycles. The van der Waals surface area contributed by atoms with Crippen LogP contribution in [-0.4, -0.2) is 36.8 Å². The standard InChI is InChI=1S/C24H32ClN5O2/c1-15(2)13-30-18(6)19(17(5)28-30)11-12-23(31)29(16(3)4)14-22-26-27-24(32-22)20-9-7-8-10-21(20)25/h7-10,15-16H,11-14H2,1-6H3. The second-order valence-electron chi connectivity index (χ2n) is 8.82. The Hall–Kier alpha value is -2.67. The van der Waals surface area contributed by atoms with Gasteiger partial charge in [-0.05, 0) is 57.7 Å². The van der Waals surface area contributed by atoms with Gasteiger partial charge in [-0.3, -0.25) is 9.48 Å². The van der Waals surface area contributed by atoms with Gasteiger partial charge < -0.3 is 9.32 Å². The van der Waals surface area contributed by atoms with E-state index in [1.54, 1.807) is 11.0 Å². The summed E-state index contributed by atoms with van der Waals surface area (Å²) in [5, 5.41) is 13.5. The zero-order valence-electron chi connectivity index (χ0n) is 19.7. The summed E-state index contributed by atoms with van der Waals surface area (Å²) in [5.41, 5.74) is 3.97. The second kappa shape index (κ2) is 10.3. The summed E-state index contributed by atoms with van der Waals surface area (Å²) < 4.78 is 7.86. The smallest absolute Gasteiger partial charge is 0.249 e. The summed E-state index contributed by atoms with van der Waals surface area (Å²) >= 11 is 6.23. The van der Waals surface area contributed by atoms with Crippen molar-refractivity contribution in [2.45, 2.75) is 73.5 Å². The van der Waals surface area contributed by atoms with E-state index in [1.807, 2.05) is 39.0 Å². The number of hydrogen-bond acceptors (Lipinski definition) is 5. The highest BCUT2D eigenvalue weighted by molar-refractivity contribution is 6.33. The van der Waals surface area contributed by atoms with Gasteiger partial charge in [-0.15, -0.1) is 10.2 Å². The summed E-state index contributed by atoms with van der Waals surface area (Å²) in [5.74, 6) is 1.31.